The Labute approximate surface area is 170 Å². The minimum Gasteiger partial charge on any atom is -0.464 e. The molecule has 1 aliphatic rings. The Hall–Kier alpha value is -2.75. The monoisotopic (exact) mass is 418 g/mol. The second kappa shape index (κ2) is 7.94. The molecule has 0 amide bonds. The standard InChI is InChI=1S/C19H19ClN4O5/c1-11-15-16(22-29-11)18(25)24(21-17(15)19(26)27-2)10-23-7-8-28-14(9-23)12-3-5-13(20)6-4-12/h3-6,14H,7-10H2,1-2H3. The molecule has 1 fully saturated rings. The Balaban J connectivity index is 1.63. The van der Waals surface area contributed by atoms with Gasteiger partial charge in [0.1, 0.15) is 5.76 Å². The number of morpholine rings is 1. The largest absolute Gasteiger partial charge is 0.464 e. The van der Waals surface area contributed by atoms with Gasteiger partial charge in [-0.25, -0.2) is 9.48 Å². The van der Waals surface area contributed by atoms with E-state index in [2.05, 4.69) is 10.3 Å². The molecule has 0 aliphatic carbocycles. The van der Waals surface area contributed by atoms with Gasteiger partial charge in [-0.15, -0.1) is 0 Å². The predicted octanol–water partition coefficient (Wildman–Crippen LogP) is 2.16. The van der Waals surface area contributed by atoms with Crippen LogP contribution in [0.2, 0.25) is 5.02 Å². The molecule has 4 rings (SSSR count). The number of methoxy groups -OCH3 is 1. The second-order valence-electron chi connectivity index (χ2n) is 6.74. The molecule has 1 aliphatic heterocycles. The van der Waals surface area contributed by atoms with Gasteiger partial charge in [-0.1, -0.05) is 28.9 Å². The van der Waals surface area contributed by atoms with Crippen LogP contribution in [0.15, 0.2) is 33.6 Å². The molecule has 2 aromatic heterocycles. The van der Waals surface area contributed by atoms with Crippen LogP contribution in [-0.2, 0) is 16.1 Å². The molecule has 3 heterocycles. The number of hydrogen-bond donors (Lipinski definition) is 0. The number of fused-ring (bicyclic) bond motifs is 1. The molecule has 152 valence electrons. The zero-order valence-electron chi connectivity index (χ0n) is 15.9. The summed E-state index contributed by atoms with van der Waals surface area (Å²) in [5.74, 6) is -0.317. The quantitative estimate of drug-likeness (QED) is 0.594. The van der Waals surface area contributed by atoms with E-state index >= 15 is 0 Å². The van der Waals surface area contributed by atoms with Crippen molar-refractivity contribution in [3.05, 3.63) is 56.7 Å². The van der Waals surface area contributed by atoms with Crippen LogP contribution >= 0.6 is 11.6 Å². The van der Waals surface area contributed by atoms with E-state index < -0.39 is 11.5 Å². The van der Waals surface area contributed by atoms with Gasteiger partial charge in [0.2, 0.25) is 0 Å². The van der Waals surface area contributed by atoms with E-state index in [1.54, 1.807) is 6.92 Å². The van der Waals surface area contributed by atoms with E-state index in [4.69, 9.17) is 25.6 Å². The minimum atomic E-state index is -0.656. The van der Waals surface area contributed by atoms with Crippen molar-refractivity contribution in [1.82, 2.24) is 19.8 Å². The summed E-state index contributed by atoms with van der Waals surface area (Å²) in [6.07, 6.45) is -0.158. The number of carbonyl (C=O) groups excluding carboxylic acids is 1. The fourth-order valence-electron chi connectivity index (χ4n) is 3.37. The summed E-state index contributed by atoms with van der Waals surface area (Å²) in [5.41, 5.74) is 0.625. The summed E-state index contributed by atoms with van der Waals surface area (Å²) in [4.78, 5) is 27.0. The fraction of sp³-hybridized carbons (Fsp3) is 0.368. The first-order chi connectivity index (χ1) is 14.0. The second-order valence-corrected chi connectivity index (χ2v) is 7.17. The van der Waals surface area contributed by atoms with Crippen molar-refractivity contribution >= 4 is 28.5 Å². The van der Waals surface area contributed by atoms with Gasteiger partial charge in [0.15, 0.2) is 11.2 Å². The van der Waals surface area contributed by atoms with Gasteiger partial charge in [0.05, 0.1) is 31.9 Å². The molecule has 0 bridgehead atoms. The van der Waals surface area contributed by atoms with E-state index in [0.717, 1.165) is 5.56 Å². The first kappa shape index (κ1) is 19.6. The lowest BCUT2D eigenvalue weighted by molar-refractivity contribution is -0.0422. The van der Waals surface area contributed by atoms with Gasteiger partial charge in [0, 0.05) is 18.1 Å². The van der Waals surface area contributed by atoms with Crippen molar-refractivity contribution in [3.63, 3.8) is 0 Å². The average molecular weight is 419 g/mol. The van der Waals surface area contributed by atoms with E-state index in [0.29, 0.717) is 30.5 Å². The van der Waals surface area contributed by atoms with E-state index in [1.165, 1.54) is 11.8 Å². The molecular weight excluding hydrogens is 400 g/mol. The highest BCUT2D eigenvalue weighted by atomic mass is 35.5. The van der Waals surface area contributed by atoms with Crippen LogP contribution in [0.25, 0.3) is 10.9 Å². The number of aryl methyl sites for hydroxylation is 1. The molecule has 29 heavy (non-hydrogen) atoms. The van der Waals surface area contributed by atoms with Gasteiger partial charge in [0.25, 0.3) is 5.56 Å². The molecule has 1 aromatic carbocycles. The van der Waals surface area contributed by atoms with Crippen LogP contribution in [0.5, 0.6) is 0 Å². The third kappa shape index (κ3) is 3.76. The molecule has 10 heteroatoms. The highest BCUT2D eigenvalue weighted by Crippen LogP contribution is 2.24. The molecule has 0 saturated carbocycles. The van der Waals surface area contributed by atoms with Gasteiger partial charge in [-0.2, -0.15) is 5.10 Å². The Morgan fingerprint density at radius 1 is 1.34 bits per heavy atom. The van der Waals surface area contributed by atoms with Crippen molar-refractivity contribution in [2.45, 2.75) is 19.7 Å². The number of halogens is 1. The third-order valence-corrected chi connectivity index (χ3v) is 5.11. The summed E-state index contributed by atoms with van der Waals surface area (Å²) < 4.78 is 17.0. The first-order valence-corrected chi connectivity index (χ1v) is 9.40. The predicted molar refractivity (Wildman–Crippen MR) is 104 cm³/mol. The number of ether oxygens (including phenoxy) is 2. The van der Waals surface area contributed by atoms with Crippen LogP contribution in [0.1, 0.15) is 27.9 Å². The highest BCUT2D eigenvalue weighted by Gasteiger charge is 2.26. The van der Waals surface area contributed by atoms with Gasteiger partial charge in [-0.05, 0) is 24.6 Å². The molecule has 9 nitrogen and oxygen atoms in total. The molecule has 1 saturated heterocycles. The molecule has 3 aromatic rings. The van der Waals surface area contributed by atoms with Crippen LogP contribution in [0.4, 0.5) is 0 Å². The van der Waals surface area contributed by atoms with Crippen molar-refractivity contribution in [1.29, 1.82) is 0 Å². The fourth-order valence-corrected chi connectivity index (χ4v) is 3.50. The number of aromatic nitrogens is 3. The van der Waals surface area contributed by atoms with Crippen molar-refractivity contribution in [2.75, 3.05) is 26.8 Å². The third-order valence-electron chi connectivity index (χ3n) is 4.86. The van der Waals surface area contributed by atoms with Crippen LogP contribution in [-0.4, -0.2) is 52.6 Å². The SMILES string of the molecule is COC(=O)c1nn(CN2CCOC(c3ccc(Cl)cc3)C2)c(=O)c2noc(C)c12. The minimum absolute atomic E-state index is 0.00311. The number of carbonyl (C=O) groups is 1. The summed E-state index contributed by atoms with van der Waals surface area (Å²) in [7, 11) is 1.26. The topological polar surface area (TPSA) is 99.7 Å². The normalized spacial score (nSPS) is 17.6. The molecular formula is C19H19ClN4O5. The number of nitrogens with zero attached hydrogens (tertiary/aromatic N) is 4. The zero-order chi connectivity index (χ0) is 20.5. The van der Waals surface area contributed by atoms with E-state index in [1.807, 2.05) is 29.2 Å². The number of esters is 1. The molecule has 0 N–H and O–H groups in total. The highest BCUT2D eigenvalue weighted by molar-refractivity contribution is 6.30. The van der Waals surface area contributed by atoms with Crippen molar-refractivity contribution < 1.29 is 18.8 Å². The maximum Gasteiger partial charge on any atom is 0.359 e. The smallest absolute Gasteiger partial charge is 0.359 e. The molecule has 0 spiro atoms. The number of rotatable bonds is 4. The summed E-state index contributed by atoms with van der Waals surface area (Å²) >= 11 is 5.96. The van der Waals surface area contributed by atoms with Gasteiger partial charge in [-0.3, -0.25) is 9.69 Å². The summed E-state index contributed by atoms with van der Waals surface area (Å²) in [6, 6.07) is 7.46. The lowest BCUT2D eigenvalue weighted by atomic mass is 10.1. The van der Waals surface area contributed by atoms with Crippen LogP contribution in [0.3, 0.4) is 0 Å². The molecule has 0 radical (unpaired) electrons. The van der Waals surface area contributed by atoms with Gasteiger partial charge < -0.3 is 14.0 Å². The Bertz CT molecular complexity index is 1110. The van der Waals surface area contributed by atoms with E-state index in [-0.39, 0.29) is 29.4 Å². The van der Waals surface area contributed by atoms with Gasteiger partial charge >= 0.3 is 5.97 Å². The maximum absolute atomic E-state index is 12.8. The van der Waals surface area contributed by atoms with Crippen molar-refractivity contribution in [3.8, 4) is 0 Å². The maximum atomic E-state index is 12.8. The zero-order valence-corrected chi connectivity index (χ0v) is 16.7. The van der Waals surface area contributed by atoms with E-state index in [9.17, 15) is 9.59 Å². The Kier molecular flexibility index (Phi) is 5.35. The van der Waals surface area contributed by atoms with Crippen LogP contribution < -0.4 is 5.56 Å². The number of benzene rings is 1. The Morgan fingerprint density at radius 3 is 2.83 bits per heavy atom. The van der Waals surface area contributed by atoms with Crippen molar-refractivity contribution in [2.24, 2.45) is 0 Å². The average Bonchev–Trinajstić information content (AvgIpc) is 3.12. The summed E-state index contributed by atoms with van der Waals surface area (Å²) in [6.45, 7) is 3.46. The molecule has 1 atom stereocenters. The summed E-state index contributed by atoms with van der Waals surface area (Å²) in [5, 5.41) is 8.98. The Morgan fingerprint density at radius 2 is 2.10 bits per heavy atom. The molecule has 1 unspecified atom stereocenters. The first-order valence-electron chi connectivity index (χ1n) is 9.02. The number of hydrogen-bond acceptors (Lipinski definition) is 8. The lowest BCUT2D eigenvalue weighted by Crippen LogP contribution is -2.42. The van der Waals surface area contributed by atoms with Crippen LogP contribution in [0, 0.1) is 6.92 Å². The lowest BCUT2D eigenvalue weighted by Gasteiger charge is -2.33.